The van der Waals surface area contributed by atoms with Crippen LogP contribution in [-0.2, 0) is 0 Å². The van der Waals surface area contributed by atoms with Crippen molar-refractivity contribution in [1.29, 1.82) is 0 Å². The Labute approximate surface area is 55.2 Å². The summed E-state index contributed by atoms with van der Waals surface area (Å²) in [7, 11) is 0. The predicted molar refractivity (Wildman–Crippen MR) is 40.9 cm³/mol. The lowest BCUT2D eigenvalue weighted by molar-refractivity contribution is 1.13. The van der Waals surface area contributed by atoms with Crippen LogP contribution < -0.4 is 0 Å². The molecule has 0 unspecified atom stereocenters. The molecule has 0 radical (unpaired) electrons. The number of hydrogen-bond acceptors (Lipinski definition) is 2. The minimum Gasteiger partial charge on any atom is -0.115 e. The number of hydrogen-bond donors (Lipinski definition) is 2. The van der Waals surface area contributed by atoms with E-state index in [1.54, 1.807) is 0 Å². The van der Waals surface area contributed by atoms with Gasteiger partial charge in [0.15, 0.2) is 0 Å². The highest BCUT2D eigenvalue weighted by Crippen LogP contribution is 2.28. The summed E-state index contributed by atoms with van der Waals surface area (Å²) in [5, 5.41) is 0. The van der Waals surface area contributed by atoms with Gasteiger partial charge in [-0.2, -0.15) is 0 Å². The van der Waals surface area contributed by atoms with E-state index in [9.17, 15) is 0 Å². The molecule has 2 heteroatoms. The molecular formula is C5H10S2. The van der Waals surface area contributed by atoms with E-state index >= 15 is 0 Å². The van der Waals surface area contributed by atoms with Crippen LogP contribution in [0.2, 0.25) is 0 Å². The fourth-order valence-electron chi connectivity index (χ4n) is 0.332. The molecule has 0 nitrogen and oxygen atoms in total. The molecule has 7 heavy (non-hydrogen) atoms. The molecule has 0 aromatic heterocycles. The first-order valence-electron chi connectivity index (χ1n) is 2.26. The smallest absolute Gasteiger partial charge is 0.0236 e. The normalized spacial score (nSPS) is 16.9. The summed E-state index contributed by atoms with van der Waals surface area (Å²) in [6.07, 6.45) is 4.81. The van der Waals surface area contributed by atoms with Crippen molar-refractivity contribution in [2.24, 2.45) is 5.92 Å². The average molecular weight is 134 g/mol. The molecule has 1 fully saturated rings. The van der Waals surface area contributed by atoms with E-state index in [1.165, 1.54) is 12.8 Å². The van der Waals surface area contributed by atoms with Gasteiger partial charge in [0, 0.05) is 0 Å². The summed E-state index contributed by atoms with van der Waals surface area (Å²) >= 11 is 6.44. The van der Waals surface area contributed by atoms with E-state index in [-0.39, 0.29) is 0 Å². The van der Waals surface area contributed by atoms with E-state index in [4.69, 9.17) is 0 Å². The van der Waals surface area contributed by atoms with Gasteiger partial charge in [-0.15, -0.1) is 29.9 Å². The molecule has 0 aromatic carbocycles. The van der Waals surface area contributed by atoms with Crippen LogP contribution in [0.25, 0.3) is 0 Å². The molecule has 0 spiro atoms. The Morgan fingerprint density at radius 2 is 1.86 bits per heavy atom. The molecule has 0 bridgehead atoms. The van der Waals surface area contributed by atoms with Crippen molar-refractivity contribution in [2.45, 2.75) is 12.8 Å². The van der Waals surface area contributed by atoms with Crippen molar-refractivity contribution in [1.82, 2.24) is 0 Å². The number of thiol groups is 2. The monoisotopic (exact) mass is 134 g/mol. The van der Waals surface area contributed by atoms with Gasteiger partial charge >= 0.3 is 0 Å². The summed E-state index contributed by atoms with van der Waals surface area (Å²) in [6.45, 7) is 3.62. The van der Waals surface area contributed by atoms with Gasteiger partial charge in [-0.3, -0.25) is 0 Å². The number of rotatable bonds is 1. The standard InChI is InChI=1S/C5H8.H2S2/c1-2-5-3-4-5;1-2/h2,5H,1,3-4H2;1-2H. The van der Waals surface area contributed by atoms with E-state index in [2.05, 4.69) is 29.9 Å². The minimum atomic E-state index is 0.898. The first kappa shape index (κ1) is 7.44. The summed E-state index contributed by atoms with van der Waals surface area (Å²) in [6, 6.07) is 0. The lowest BCUT2D eigenvalue weighted by atomic mass is 10.4. The zero-order valence-corrected chi connectivity index (χ0v) is 5.96. The topological polar surface area (TPSA) is 0 Å². The van der Waals surface area contributed by atoms with Gasteiger partial charge in [0.25, 0.3) is 0 Å². The van der Waals surface area contributed by atoms with Gasteiger partial charge in [-0.25, -0.2) is 0 Å². The molecule has 0 aromatic rings. The Morgan fingerprint density at radius 1 is 1.43 bits per heavy atom. The van der Waals surface area contributed by atoms with E-state index in [1.807, 2.05) is 6.08 Å². The second kappa shape index (κ2) is 4.60. The largest absolute Gasteiger partial charge is 0.115 e. The van der Waals surface area contributed by atoms with Crippen LogP contribution in [0.5, 0.6) is 0 Å². The highest BCUT2D eigenvalue weighted by atomic mass is 33.1. The van der Waals surface area contributed by atoms with Crippen LogP contribution in [0, 0.1) is 5.92 Å². The summed E-state index contributed by atoms with van der Waals surface area (Å²) in [4.78, 5) is 0. The lowest BCUT2D eigenvalue weighted by Gasteiger charge is -1.63. The molecule has 0 heterocycles. The molecule has 1 rings (SSSR count). The van der Waals surface area contributed by atoms with Crippen LogP contribution >= 0.6 is 23.3 Å². The maximum absolute atomic E-state index is 3.62. The SMILES string of the molecule is C=CC1CC1.SS. The van der Waals surface area contributed by atoms with Crippen molar-refractivity contribution >= 4 is 23.3 Å². The Balaban J connectivity index is 0.000000162. The van der Waals surface area contributed by atoms with Crippen molar-refractivity contribution in [2.75, 3.05) is 0 Å². The average Bonchev–Trinajstić information content (AvgIpc) is 2.52. The van der Waals surface area contributed by atoms with Crippen LogP contribution in [0.4, 0.5) is 0 Å². The first-order valence-corrected chi connectivity index (χ1v) is 3.86. The van der Waals surface area contributed by atoms with E-state index in [0.717, 1.165) is 5.92 Å². The van der Waals surface area contributed by atoms with Crippen LogP contribution in [0.15, 0.2) is 12.7 Å². The molecule has 1 aliphatic rings. The molecule has 42 valence electrons. The molecule has 0 saturated heterocycles. The quantitative estimate of drug-likeness (QED) is 0.307. The Bertz CT molecular complexity index is 48.0. The van der Waals surface area contributed by atoms with Gasteiger partial charge in [-0.1, -0.05) is 6.08 Å². The third kappa shape index (κ3) is 4.29. The van der Waals surface area contributed by atoms with E-state index in [0.29, 0.717) is 0 Å². The van der Waals surface area contributed by atoms with Gasteiger partial charge < -0.3 is 0 Å². The molecular weight excluding hydrogens is 124 g/mol. The molecule has 1 aliphatic carbocycles. The maximum atomic E-state index is 3.62. The fraction of sp³-hybridized carbons (Fsp3) is 0.600. The lowest BCUT2D eigenvalue weighted by Crippen LogP contribution is -1.50. The third-order valence-corrected chi connectivity index (χ3v) is 0.955. The van der Waals surface area contributed by atoms with Gasteiger partial charge in [0.1, 0.15) is 0 Å². The maximum Gasteiger partial charge on any atom is -0.0236 e. The second-order valence-electron chi connectivity index (χ2n) is 1.57. The Hall–Kier alpha value is 0.440. The summed E-state index contributed by atoms with van der Waals surface area (Å²) in [5.41, 5.74) is 0. The molecule has 0 atom stereocenters. The van der Waals surface area contributed by atoms with Gasteiger partial charge in [-0.05, 0) is 18.8 Å². The molecule has 0 aliphatic heterocycles. The highest BCUT2D eigenvalue weighted by molar-refractivity contribution is 8.59. The zero-order chi connectivity index (χ0) is 5.70. The third-order valence-electron chi connectivity index (χ3n) is 0.955. The van der Waals surface area contributed by atoms with Crippen LogP contribution in [0.3, 0.4) is 0 Å². The zero-order valence-electron chi connectivity index (χ0n) is 4.17. The summed E-state index contributed by atoms with van der Waals surface area (Å²) < 4.78 is 0. The molecule has 0 N–H and O–H groups in total. The second-order valence-corrected chi connectivity index (χ2v) is 1.57. The Morgan fingerprint density at radius 3 is 1.86 bits per heavy atom. The Kier molecular flexibility index (Phi) is 4.88. The van der Waals surface area contributed by atoms with Crippen molar-refractivity contribution < 1.29 is 0 Å². The predicted octanol–water partition coefficient (Wildman–Crippen LogP) is 2.34. The fourth-order valence-corrected chi connectivity index (χ4v) is 0.332. The van der Waals surface area contributed by atoms with Crippen molar-refractivity contribution in [3.05, 3.63) is 12.7 Å². The molecule has 1 saturated carbocycles. The van der Waals surface area contributed by atoms with Crippen molar-refractivity contribution in [3.63, 3.8) is 0 Å². The van der Waals surface area contributed by atoms with Crippen molar-refractivity contribution in [3.8, 4) is 0 Å². The van der Waals surface area contributed by atoms with Crippen LogP contribution in [0.1, 0.15) is 12.8 Å². The molecule has 0 amide bonds. The number of allylic oxidation sites excluding steroid dienone is 1. The first-order chi connectivity index (χ1) is 3.43. The highest BCUT2D eigenvalue weighted by Gasteiger charge is 2.15. The minimum absolute atomic E-state index is 0.898. The van der Waals surface area contributed by atoms with Crippen LogP contribution in [-0.4, -0.2) is 0 Å². The summed E-state index contributed by atoms with van der Waals surface area (Å²) in [5.74, 6) is 0.898. The van der Waals surface area contributed by atoms with Gasteiger partial charge in [0.05, 0.1) is 0 Å². The van der Waals surface area contributed by atoms with E-state index < -0.39 is 0 Å². The van der Waals surface area contributed by atoms with Gasteiger partial charge in [0.2, 0.25) is 0 Å².